The maximum atomic E-state index is 11.9. The third-order valence-electron chi connectivity index (χ3n) is 2.35. The van der Waals surface area contributed by atoms with Crippen molar-refractivity contribution in [1.82, 2.24) is 14.8 Å². The fraction of sp³-hybridized carbons (Fsp3) is 0.250. The number of aromatic nitrogens is 3. The molecule has 0 fully saturated rings. The fourth-order valence-corrected chi connectivity index (χ4v) is 1.45. The highest BCUT2D eigenvalue weighted by Gasteiger charge is 2.08. The highest BCUT2D eigenvalue weighted by molar-refractivity contribution is 6.03. The van der Waals surface area contributed by atoms with Gasteiger partial charge in [-0.15, -0.1) is 0 Å². The first-order valence-corrected chi connectivity index (χ1v) is 5.46. The number of hydrogen-bond donors (Lipinski definition) is 1. The van der Waals surface area contributed by atoms with Crippen LogP contribution in [-0.4, -0.2) is 20.7 Å². The molecule has 0 spiro atoms. The topological polar surface area (TPSA) is 59.8 Å². The number of anilines is 1. The second-order valence-corrected chi connectivity index (χ2v) is 3.70. The number of aryl methyl sites for hydroxylation is 2. The molecular formula is C12H14N4O. The number of amides is 1. The van der Waals surface area contributed by atoms with E-state index in [0.29, 0.717) is 11.4 Å². The van der Waals surface area contributed by atoms with E-state index in [9.17, 15) is 4.79 Å². The third kappa shape index (κ3) is 2.69. The summed E-state index contributed by atoms with van der Waals surface area (Å²) in [6.45, 7) is 4.59. The average Bonchev–Trinajstić information content (AvgIpc) is 2.77. The van der Waals surface area contributed by atoms with E-state index in [1.54, 1.807) is 23.1 Å². The third-order valence-corrected chi connectivity index (χ3v) is 2.35. The van der Waals surface area contributed by atoms with Crippen LogP contribution in [0.1, 0.15) is 23.0 Å². The van der Waals surface area contributed by atoms with Gasteiger partial charge in [0.15, 0.2) is 0 Å². The van der Waals surface area contributed by atoms with Gasteiger partial charge in [-0.25, -0.2) is 4.98 Å². The van der Waals surface area contributed by atoms with Crippen LogP contribution in [-0.2, 0) is 6.54 Å². The van der Waals surface area contributed by atoms with E-state index in [1.807, 2.05) is 26.0 Å². The molecule has 0 aromatic carbocycles. The minimum atomic E-state index is -0.192. The summed E-state index contributed by atoms with van der Waals surface area (Å²) in [5, 5.41) is 6.78. The molecule has 0 radical (unpaired) electrons. The van der Waals surface area contributed by atoms with Crippen molar-refractivity contribution in [2.24, 2.45) is 0 Å². The van der Waals surface area contributed by atoms with Crippen molar-refractivity contribution in [2.75, 3.05) is 5.32 Å². The lowest BCUT2D eigenvalue weighted by atomic mass is 10.3. The minimum Gasteiger partial charge on any atom is -0.306 e. The number of carbonyl (C=O) groups is 1. The van der Waals surface area contributed by atoms with Gasteiger partial charge in [0.1, 0.15) is 5.82 Å². The van der Waals surface area contributed by atoms with E-state index in [2.05, 4.69) is 15.4 Å². The van der Waals surface area contributed by atoms with Crippen LogP contribution >= 0.6 is 0 Å². The molecule has 5 nitrogen and oxygen atoms in total. The molecule has 0 saturated heterocycles. The van der Waals surface area contributed by atoms with Crippen LogP contribution in [0.4, 0.5) is 5.82 Å². The summed E-state index contributed by atoms with van der Waals surface area (Å²) in [5.74, 6) is 0.363. The SMILES string of the molecule is CCn1cc(C(=O)Nc2cccc(C)n2)cn1. The lowest BCUT2D eigenvalue weighted by molar-refractivity contribution is 0.102. The standard InChI is InChI=1S/C12H14N4O/c1-3-16-8-10(7-13-16)12(17)15-11-6-4-5-9(2)14-11/h4-8H,3H2,1-2H3,(H,14,15,17). The van der Waals surface area contributed by atoms with Crippen molar-refractivity contribution < 1.29 is 4.79 Å². The van der Waals surface area contributed by atoms with Crippen LogP contribution in [0.25, 0.3) is 0 Å². The summed E-state index contributed by atoms with van der Waals surface area (Å²) in [5.41, 5.74) is 1.40. The Balaban J connectivity index is 2.11. The van der Waals surface area contributed by atoms with Gasteiger partial charge in [-0.3, -0.25) is 9.48 Å². The Kier molecular flexibility index (Phi) is 3.18. The quantitative estimate of drug-likeness (QED) is 0.875. The number of hydrogen-bond acceptors (Lipinski definition) is 3. The van der Waals surface area contributed by atoms with Crippen LogP contribution in [0.2, 0.25) is 0 Å². The van der Waals surface area contributed by atoms with Crippen LogP contribution < -0.4 is 5.32 Å². The molecule has 0 saturated carbocycles. The van der Waals surface area contributed by atoms with E-state index in [-0.39, 0.29) is 5.91 Å². The molecule has 2 rings (SSSR count). The van der Waals surface area contributed by atoms with Crippen LogP contribution in [0.3, 0.4) is 0 Å². The average molecular weight is 230 g/mol. The van der Waals surface area contributed by atoms with Gasteiger partial charge >= 0.3 is 0 Å². The lowest BCUT2D eigenvalue weighted by Crippen LogP contribution is -2.12. The summed E-state index contributed by atoms with van der Waals surface area (Å²) in [4.78, 5) is 16.1. The Hall–Kier alpha value is -2.17. The predicted molar refractivity (Wildman–Crippen MR) is 64.8 cm³/mol. The van der Waals surface area contributed by atoms with Gasteiger partial charge < -0.3 is 5.32 Å². The number of pyridine rings is 1. The zero-order valence-corrected chi connectivity index (χ0v) is 9.84. The van der Waals surface area contributed by atoms with Crippen molar-refractivity contribution >= 4 is 11.7 Å². The fourth-order valence-electron chi connectivity index (χ4n) is 1.45. The molecule has 2 aromatic heterocycles. The second kappa shape index (κ2) is 4.78. The Bertz CT molecular complexity index is 533. The summed E-state index contributed by atoms with van der Waals surface area (Å²) >= 11 is 0. The van der Waals surface area contributed by atoms with Crippen molar-refractivity contribution in [3.8, 4) is 0 Å². The molecule has 0 aliphatic rings. The summed E-state index contributed by atoms with van der Waals surface area (Å²) in [6.07, 6.45) is 3.26. The zero-order valence-electron chi connectivity index (χ0n) is 9.84. The molecular weight excluding hydrogens is 216 g/mol. The van der Waals surface area contributed by atoms with Crippen molar-refractivity contribution in [3.05, 3.63) is 41.9 Å². The van der Waals surface area contributed by atoms with E-state index in [1.165, 1.54) is 0 Å². The monoisotopic (exact) mass is 230 g/mol. The first kappa shape index (κ1) is 11.3. The molecule has 0 aliphatic carbocycles. The van der Waals surface area contributed by atoms with E-state index >= 15 is 0 Å². The first-order valence-electron chi connectivity index (χ1n) is 5.46. The molecule has 88 valence electrons. The van der Waals surface area contributed by atoms with Gasteiger partial charge in [-0.1, -0.05) is 6.07 Å². The Morgan fingerprint density at radius 3 is 2.94 bits per heavy atom. The Labute approximate surface area is 99.5 Å². The number of carbonyl (C=O) groups excluding carboxylic acids is 1. The molecule has 1 N–H and O–H groups in total. The highest BCUT2D eigenvalue weighted by atomic mass is 16.1. The van der Waals surface area contributed by atoms with Gasteiger partial charge in [0, 0.05) is 18.4 Å². The maximum absolute atomic E-state index is 11.9. The van der Waals surface area contributed by atoms with Crippen LogP contribution in [0.15, 0.2) is 30.6 Å². The molecule has 17 heavy (non-hydrogen) atoms. The molecule has 5 heteroatoms. The van der Waals surface area contributed by atoms with Crippen molar-refractivity contribution in [2.45, 2.75) is 20.4 Å². The van der Waals surface area contributed by atoms with Crippen LogP contribution in [0, 0.1) is 6.92 Å². The summed E-state index contributed by atoms with van der Waals surface area (Å²) in [6, 6.07) is 5.49. The van der Waals surface area contributed by atoms with E-state index in [0.717, 1.165) is 12.2 Å². The van der Waals surface area contributed by atoms with Gasteiger partial charge in [0.25, 0.3) is 5.91 Å². The van der Waals surface area contributed by atoms with Gasteiger partial charge in [-0.05, 0) is 26.0 Å². The zero-order chi connectivity index (χ0) is 12.3. The van der Waals surface area contributed by atoms with Gasteiger partial charge in [0.05, 0.1) is 11.8 Å². The normalized spacial score (nSPS) is 10.2. The molecule has 0 atom stereocenters. The molecule has 0 aliphatic heterocycles. The molecule has 0 bridgehead atoms. The van der Waals surface area contributed by atoms with Crippen LogP contribution in [0.5, 0.6) is 0 Å². The molecule has 0 unspecified atom stereocenters. The molecule has 2 aromatic rings. The number of rotatable bonds is 3. The summed E-state index contributed by atoms with van der Waals surface area (Å²) < 4.78 is 1.71. The Morgan fingerprint density at radius 2 is 2.29 bits per heavy atom. The maximum Gasteiger partial charge on any atom is 0.260 e. The Morgan fingerprint density at radius 1 is 1.47 bits per heavy atom. The predicted octanol–water partition coefficient (Wildman–Crippen LogP) is 1.86. The lowest BCUT2D eigenvalue weighted by Gasteiger charge is -2.02. The largest absolute Gasteiger partial charge is 0.306 e. The van der Waals surface area contributed by atoms with Gasteiger partial charge in [0.2, 0.25) is 0 Å². The molecule has 1 amide bonds. The first-order chi connectivity index (χ1) is 8.19. The van der Waals surface area contributed by atoms with E-state index in [4.69, 9.17) is 0 Å². The van der Waals surface area contributed by atoms with Gasteiger partial charge in [-0.2, -0.15) is 5.10 Å². The van der Waals surface area contributed by atoms with Crippen molar-refractivity contribution in [3.63, 3.8) is 0 Å². The second-order valence-electron chi connectivity index (χ2n) is 3.70. The molecule has 2 heterocycles. The van der Waals surface area contributed by atoms with Crippen molar-refractivity contribution in [1.29, 1.82) is 0 Å². The highest BCUT2D eigenvalue weighted by Crippen LogP contribution is 2.06. The number of nitrogens with zero attached hydrogens (tertiary/aromatic N) is 3. The summed E-state index contributed by atoms with van der Waals surface area (Å²) in [7, 11) is 0. The number of nitrogens with one attached hydrogen (secondary N) is 1. The minimum absolute atomic E-state index is 0.192. The van der Waals surface area contributed by atoms with E-state index < -0.39 is 0 Å². The smallest absolute Gasteiger partial charge is 0.260 e.